The fraction of sp³-hybridized carbons (Fsp3) is 0.211. The molecule has 0 saturated carbocycles. The summed E-state index contributed by atoms with van der Waals surface area (Å²) in [5.41, 5.74) is 3.31. The van der Waals surface area contributed by atoms with E-state index < -0.39 is 0 Å². The smallest absolute Gasteiger partial charge is 0.220 e. The highest BCUT2D eigenvalue weighted by Gasteiger charge is 2.04. The number of methoxy groups -OCH3 is 1. The third-order valence-corrected chi connectivity index (χ3v) is 3.88. The molecule has 0 spiro atoms. The summed E-state index contributed by atoms with van der Waals surface area (Å²) in [6.45, 7) is 0.520. The molecule has 4 heteroatoms. The molecule has 0 saturated heterocycles. The number of fused-ring (bicyclic) bond motifs is 1. The van der Waals surface area contributed by atoms with E-state index in [4.69, 9.17) is 4.74 Å². The second-order valence-electron chi connectivity index (χ2n) is 5.53. The van der Waals surface area contributed by atoms with Crippen molar-refractivity contribution < 1.29 is 9.53 Å². The predicted octanol–water partition coefficient (Wildman–Crippen LogP) is 3.43. The van der Waals surface area contributed by atoms with Crippen molar-refractivity contribution >= 4 is 16.8 Å². The molecule has 0 fully saturated rings. The molecular weight excluding hydrogens is 288 g/mol. The van der Waals surface area contributed by atoms with Crippen LogP contribution in [0.15, 0.2) is 54.7 Å². The van der Waals surface area contributed by atoms with Crippen LogP contribution in [0.25, 0.3) is 10.9 Å². The number of carbonyl (C=O) groups excluding carboxylic acids is 1. The van der Waals surface area contributed by atoms with Gasteiger partial charge >= 0.3 is 0 Å². The molecule has 3 rings (SSSR count). The Morgan fingerprint density at radius 1 is 1.13 bits per heavy atom. The zero-order valence-corrected chi connectivity index (χ0v) is 13.1. The fourth-order valence-corrected chi connectivity index (χ4v) is 2.58. The zero-order chi connectivity index (χ0) is 16.1. The lowest BCUT2D eigenvalue weighted by Crippen LogP contribution is -2.22. The lowest BCUT2D eigenvalue weighted by atomic mass is 10.1. The monoisotopic (exact) mass is 308 g/mol. The number of hydrogen-bond acceptors (Lipinski definition) is 2. The number of aromatic amines is 1. The lowest BCUT2D eigenvalue weighted by Gasteiger charge is -2.07. The van der Waals surface area contributed by atoms with Crippen molar-refractivity contribution in [2.24, 2.45) is 0 Å². The van der Waals surface area contributed by atoms with Gasteiger partial charge in [-0.3, -0.25) is 4.79 Å². The third-order valence-electron chi connectivity index (χ3n) is 3.88. The van der Waals surface area contributed by atoms with Crippen LogP contribution < -0.4 is 10.1 Å². The lowest BCUT2D eigenvalue weighted by molar-refractivity contribution is -0.121. The number of amides is 1. The molecule has 0 atom stereocenters. The van der Waals surface area contributed by atoms with Crippen molar-refractivity contribution in [3.63, 3.8) is 0 Å². The van der Waals surface area contributed by atoms with Gasteiger partial charge in [0.25, 0.3) is 0 Å². The van der Waals surface area contributed by atoms with Gasteiger partial charge in [-0.15, -0.1) is 0 Å². The van der Waals surface area contributed by atoms with Gasteiger partial charge in [0.05, 0.1) is 7.11 Å². The van der Waals surface area contributed by atoms with Gasteiger partial charge in [-0.05, 0) is 47.2 Å². The number of ether oxygens (including phenoxy) is 1. The average molecular weight is 308 g/mol. The SMILES string of the molecule is COc1cccc(CNC(=O)CCc2ccc3cc[nH]c3c2)c1. The van der Waals surface area contributed by atoms with Crippen LogP contribution in [-0.4, -0.2) is 18.0 Å². The third kappa shape index (κ3) is 3.92. The van der Waals surface area contributed by atoms with Crippen LogP contribution in [-0.2, 0) is 17.8 Å². The van der Waals surface area contributed by atoms with Crippen LogP contribution in [0.3, 0.4) is 0 Å². The summed E-state index contributed by atoms with van der Waals surface area (Å²) in [5.74, 6) is 0.857. The van der Waals surface area contributed by atoms with Crippen LogP contribution in [0, 0.1) is 0 Å². The van der Waals surface area contributed by atoms with Crippen LogP contribution in [0.2, 0.25) is 0 Å². The Labute approximate surface area is 135 Å². The Bertz CT molecular complexity index is 808. The normalized spacial score (nSPS) is 10.7. The van der Waals surface area contributed by atoms with Crippen molar-refractivity contribution in [2.45, 2.75) is 19.4 Å². The second-order valence-corrected chi connectivity index (χ2v) is 5.53. The van der Waals surface area contributed by atoms with Crippen molar-refractivity contribution in [3.8, 4) is 5.75 Å². The molecule has 4 nitrogen and oxygen atoms in total. The highest BCUT2D eigenvalue weighted by molar-refractivity contribution is 5.80. The van der Waals surface area contributed by atoms with E-state index in [0.717, 1.165) is 28.8 Å². The number of aromatic nitrogens is 1. The first kappa shape index (κ1) is 15.2. The highest BCUT2D eigenvalue weighted by atomic mass is 16.5. The number of hydrogen-bond donors (Lipinski definition) is 2. The predicted molar refractivity (Wildman–Crippen MR) is 91.5 cm³/mol. The highest BCUT2D eigenvalue weighted by Crippen LogP contribution is 2.15. The maximum Gasteiger partial charge on any atom is 0.220 e. The first-order chi connectivity index (χ1) is 11.2. The Kier molecular flexibility index (Phi) is 4.62. The van der Waals surface area contributed by atoms with Crippen LogP contribution in [0.5, 0.6) is 5.75 Å². The van der Waals surface area contributed by atoms with Crippen LogP contribution >= 0.6 is 0 Å². The molecule has 2 N–H and O–H groups in total. The summed E-state index contributed by atoms with van der Waals surface area (Å²) in [6.07, 6.45) is 3.14. The Hall–Kier alpha value is -2.75. The van der Waals surface area contributed by atoms with Gasteiger partial charge in [0.1, 0.15) is 5.75 Å². The van der Waals surface area contributed by atoms with Gasteiger partial charge in [-0.1, -0.05) is 24.3 Å². The zero-order valence-electron chi connectivity index (χ0n) is 13.1. The molecule has 0 unspecified atom stereocenters. The van der Waals surface area contributed by atoms with Gasteiger partial charge in [0, 0.05) is 24.7 Å². The number of nitrogens with one attached hydrogen (secondary N) is 2. The number of H-pyrrole nitrogens is 1. The van der Waals surface area contributed by atoms with Crippen molar-refractivity contribution in [3.05, 3.63) is 65.9 Å². The molecular formula is C19H20N2O2. The molecule has 0 aliphatic carbocycles. The van der Waals surface area contributed by atoms with Gasteiger partial charge in [0.2, 0.25) is 5.91 Å². The summed E-state index contributed by atoms with van der Waals surface area (Å²) >= 11 is 0. The van der Waals surface area contributed by atoms with Crippen molar-refractivity contribution in [1.29, 1.82) is 0 Å². The largest absolute Gasteiger partial charge is 0.497 e. The molecule has 23 heavy (non-hydrogen) atoms. The van der Waals surface area contributed by atoms with Crippen LogP contribution in [0.1, 0.15) is 17.5 Å². The fourth-order valence-electron chi connectivity index (χ4n) is 2.58. The topological polar surface area (TPSA) is 54.1 Å². The molecule has 0 radical (unpaired) electrons. The number of benzene rings is 2. The van der Waals surface area contributed by atoms with E-state index in [1.165, 1.54) is 5.39 Å². The molecule has 1 amide bonds. The van der Waals surface area contributed by atoms with E-state index in [1.807, 2.05) is 36.5 Å². The van der Waals surface area contributed by atoms with Gasteiger partial charge in [-0.25, -0.2) is 0 Å². The summed E-state index contributed by atoms with van der Waals surface area (Å²) in [6, 6.07) is 16.0. The van der Waals surface area contributed by atoms with Gasteiger partial charge in [-0.2, -0.15) is 0 Å². The molecule has 2 aromatic carbocycles. The van der Waals surface area contributed by atoms with E-state index in [2.05, 4.69) is 28.5 Å². The second kappa shape index (κ2) is 7.01. The molecule has 0 aliphatic heterocycles. The van der Waals surface area contributed by atoms with E-state index in [-0.39, 0.29) is 5.91 Å². The Morgan fingerprint density at radius 3 is 2.91 bits per heavy atom. The first-order valence-electron chi connectivity index (χ1n) is 7.70. The molecule has 3 aromatic rings. The minimum atomic E-state index is 0.0550. The van der Waals surface area contributed by atoms with Gasteiger partial charge < -0.3 is 15.0 Å². The molecule has 118 valence electrons. The minimum Gasteiger partial charge on any atom is -0.497 e. The number of aryl methyl sites for hydroxylation is 1. The van der Waals surface area contributed by atoms with E-state index in [9.17, 15) is 4.79 Å². The summed E-state index contributed by atoms with van der Waals surface area (Å²) in [5, 5.41) is 4.14. The van der Waals surface area contributed by atoms with E-state index in [0.29, 0.717) is 13.0 Å². The average Bonchev–Trinajstić information content (AvgIpc) is 3.06. The molecule has 1 heterocycles. The van der Waals surface area contributed by atoms with E-state index in [1.54, 1.807) is 7.11 Å². The number of rotatable bonds is 6. The van der Waals surface area contributed by atoms with E-state index >= 15 is 0 Å². The van der Waals surface area contributed by atoms with Crippen molar-refractivity contribution in [2.75, 3.05) is 7.11 Å². The Morgan fingerprint density at radius 2 is 2.04 bits per heavy atom. The summed E-state index contributed by atoms with van der Waals surface area (Å²) in [7, 11) is 1.64. The Balaban J connectivity index is 1.50. The standard InChI is InChI=1S/C19H20N2O2/c1-23-17-4-2-3-15(11-17)13-21-19(22)8-6-14-5-7-16-9-10-20-18(16)12-14/h2-5,7,9-12,20H,6,8,13H2,1H3,(H,21,22). The molecule has 0 bridgehead atoms. The maximum absolute atomic E-state index is 12.0. The van der Waals surface area contributed by atoms with Crippen molar-refractivity contribution in [1.82, 2.24) is 10.3 Å². The van der Waals surface area contributed by atoms with Gasteiger partial charge in [0.15, 0.2) is 0 Å². The quantitative estimate of drug-likeness (QED) is 0.733. The summed E-state index contributed by atoms with van der Waals surface area (Å²) in [4.78, 5) is 15.2. The minimum absolute atomic E-state index is 0.0550. The molecule has 0 aliphatic rings. The number of carbonyl (C=O) groups is 1. The first-order valence-corrected chi connectivity index (χ1v) is 7.70. The summed E-state index contributed by atoms with van der Waals surface area (Å²) < 4.78 is 5.18. The molecule has 1 aromatic heterocycles. The van der Waals surface area contributed by atoms with Crippen LogP contribution in [0.4, 0.5) is 0 Å². The maximum atomic E-state index is 12.0.